The molecule has 0 fully saturated rings. The Kier molecular flexibility index (Phi) is 4.14. The van der Waals surface area contributed by atoms with E-state index < -0.39 is 0 Å². The summed E-state index contributed by atoms with van der Waals surface area (Å²) in [7, 11) is 0. The van der Waals surface area contributed by atoms with Crippen molar-refractivity contribution in [2.24, 2.45) is 5.92 Å². The van der Waals surface area contributed by atoms with Gasteiger partial charge in [-0.3, -0.25) is 4.79 Å². The molecule has 0 saturated heterocycles. The van der Waals surface area contributed by atoms with Gasteiger partial charge in [0.15, 0.2) is 5.78 Å². The first-order valence-electron chi connectivity index (χ1n) is 10.4. The summed E-state index contributed by atoms with van der Waals surface area (Å²) in [5, 5.41) is 1.19. The van der Waals surface area contributed by atoms with Crippen molar-refractivity contribution in [2.75, 3.05) is 0 Å². The van der Waals surface area contributed by atoms with Crippen LogP contribution in [-0.4, -0.2) is 19.9 Å². The number of carbonyl (C=O) groups excluding carboxylic acids is 1. The van der Waals surface area contributed by atoms with Crippen LogP contribution in [-0.2, 0) is 32.4 Å². The first-order valence-corrected chi connectivity index (χ1v) is 10.4. The van der Waals surface area contributed by atoms with Crippen LogP contribution in [0.2, 0.25) is 0 Å². The molecule has 1 atom stereocenters. The summed E-state index contributed by atoms with van der Waals surface area (Å²) in [5.41, 5.74) is 5.04. The number of aryl methyl sites for hydroxylation is 3. The molecule has 4 nitrogen and oxygen atoms in total. The Labute approximate surface area is 160 Å². The molecule has 3 aromatic rings. The van der Waals surface area contributed by atoms with Gasteiger partial charge in [-0.2, -0.15) is 0 Å². The zero-order chi connectivity index (χ0) is 18.4. The quantitative estimate of drug-likeness (QED) is 0.668. The van der Waals surface area contributed by atoms with Crippen molar-refractivity contribution in [3.63, 3.8) is 0 Å². The lowest BCUT2D eigenvalue weighted by Crippen LogP contribution is -2.27. The van der Waals surface area contributed by atoms with Crippen molar-refractivity contribution in [1.82, 2.24) is 14.1 Å². The smallest absolute Gasteiger partial charge is 0.170 e. The van der Waals surface area contributed by atoms with Crippen molar-refractivity contribution in [2.45, 2.75) is 65.0 Å². The van der Waals surface area contributed by atoms with Crippen molar-refractivity contribution < 1.29 is 4.79 Å². The molecular formula is C23H27N3O. The highest BCUT2D eigenvalue weighted by atomic mass is 16.1. The van der Waals surface area contributed by atoms with Gasteiger partial charge in [0, 0.05) is 54.5 Å². The molecule has 1 aliphatic carbocycles. The molecule has 27 heavy (non-hydrogen) atoms. The lowest BCUT2D eigenvalue weighted by Gasteiger charge is -2.24. The topological polar surface area (TPSA) is 39.8 Å². The third-order valence-electron chi connectivity index (χ3n) is 6.42. The Bertz CT molecular complexity index is 1010. The fourth-order valence-electron chi connectivity index (χ4n) is 5.08. The summed E-state index contributed by atoms with van der Waals surface area (Å²) < 4.78 is 4.66. The maximum Gasteiger partial charge on any atom is 0.170 e. The van der Waals surface area contributed by atoms with E-state index in [0.29, 0.717) is 5.78 Å². The zero-order valence-corrected chi connectivity index (χ0v) is 16.1. The summed E-state index contributed by atoms with van der Waals surface area (Å²) >= 11 is 0. The minimum Gasteiger partial charge on any atom is -0.344 e. The number of para-hydroxylation sites is 1. The SMILES string of the molecule is CCCCc1nccn1C[C@H]1CCc2c(c3cccc4c3n2CCC4)C1=O. The molecule has 1 aliphatic heterocycles. The fourth-order valence-corrected chi connectivity index (χ4v) is 5.08. The van der Waals surface area contributed by atoms with E-state index in [-0.39, 0.29) is 5.92 Å². The average molecular weight is 361 g/mol. The molecule has 3 heterocycles. The van der Waals surface area contributed by atoms with Gasteiger partial charge >= 0.3 is 0 Å². The maximum absolute atomic E-state index is 13.5. The van der Waals surface area contributed by atoms with Gasteiger partial charge in [0.2, 0.25) is 0 Å². The van der Waals surface area contributed by atoms with E-state index in [1.165, 1.54) is 35.0 Å². The summed E-state index contributed by atoms with van der Waals surface area (Å²) in [4.78, 5) is 18.0. The number of aromatic nitrogens is 3. The summed E-state index contributed by atoms with van der Waals surface area (Å²) in [6.07, 6.45) is 11.5. The average Bonchev–Trinajstić information content (AvgIpc) is 3.27. The molecule has 2 aliphatic rings. The number of ketones is 1. The van der Waals surface area contributed by atoms with Crippen LogP contribution in [0.15, 0.2) is 30.6 Å². The van der Waals surface area contributed by atoms with E-state index in [0.717, 1.165) is 56.6 Å². The molecule has 2 aromatic heterocycles. The molecule has 0 amide bonds. The molecule has 0 radical (unpaired) electrons. The molecule has 0 spiro atoms. The van der Waals surface area contributed by atoms with E-state index >= 15 is 0 Å². The number of hydrogen-bond acceptors (Lipinski definition) is 2. The summed E-state index contributed by atoms with van der Waals surface area (Å²) in [6, 6.07) is 6.52. The number of imidazole rings is 1. The van der Waals surface area contributed by atoms with Crippen LogP contribution in [0, 0.1) is 5.92 Å². The van der Waals surface area contributed by atoms with Crippen LogP contribution >= 0.6 is 0 Å². The van der Waals surface area contributed by atoms with Crippen LogP contribution < -0.4 is 0 Å². The molecule has 0 saturated carbocycles. The molecule has 140 valence electrons. The van der Waals surface area contributed by atoms with Gasteiger partial charge in [-0.25, -0.2) is 4.98 Å². The van der Waals surface area contributed by atoms with Gasteiger partial charge in [-0.15, -0.1) is 0 Å². The first kappa shape index (κ1) is 16.8. The largest absolute Gasteiger partial charge is 0.344 e. The standard InChI is InChI=1S/C23H27N3O/c1-2-3-9-20-24-12-14-25(20)15-17-10-11-19-21(23(17)27)18-8-4-6-16-7-5-13-26(19)22(16)18/h4,6,8,12,14,17H,2-3,5,7,9-11,13,15H2,1H3/t17-/m1/s1. The number of Topliss-reactive ketones (excluding diaryl/α,β-unsaturated/α-hetero) is 1. The van der Waals surface area contributed by atoms with Gasteiger partial charge in [-0.05, 0) is 37.7 Å². The number of rotatable bonds is 5. The zero-order valence-electron chi connectivity index (χ0n) is 16.1. The lowest BCUT2D eigenvalue weighted by molar-refractivity contribution is 0.0887. The van der Waals surface area contributed by atoms with Gasteiger partial charge < -0.3 is 9.13 Å². The molecule has 5 rings (SSSR count). The maximum atomic E-state index is 13.5. The van der Waals surface area contributed by atoms with Gasteiger partial charge in [0.1, 0.15) is 5.82 Å². The minimum atomic E-state index is 0.0653. The van der Waals surface area contributed by atoms with Crippen molar-refractivity contribution in [3.8, 4) is 0 Å². The number of hydrogen-bond donors (Lipinski definition) is 0. The van der Waals surface area contributed by atoms with Gasteiger partial charge in [-0.1, -0.05) is 31.5 Å². The van der Waals surface area contributed by atoms with Crippen LogP contribution in [0.1, 0.15) is 60.0 Å². The van der Waals surface area contributed by atoms with Crippen LogP contribution in [0.5, 0.6) is 0 Å². The monoisotopic (exact) mass is 361 g/mol. The molecule has 0 bridgehead atoms. The number of carbonyl (C=O) groups is 1. The van der Waals surface area contributed by atoms with E-state index in [1.54, 1.807) is 0 Å². The second-order valence-electron chi connectivity index (χ2n) is 8.09. The number of nitrogens with zero attached hydrogens (tertiary/aromatic N) is 3. The van der Waals surface area contributed by atoms with E-state index in [4.69, 9.17) is 0 Å². The summed E-state index contributed by atoms with van der Waals surface area (Å²) in [6.45, 7) is 4.03. The number of unbranched alkanes of at least 4 members (excludes halogenated alkanes) is 1. The van der Waals surface area contributed by atoms with Crippen LogP contribution in [0.25, 0.3) is 10.9 Å². The highest BCUT2D eigenvalue weighted by Crippen LogP contribution is 2.38. The lowest BCUT2D eigenvalue weighted by atomic mass is 9.84. The molecule has 0 N–H and O–H groups in total. The highest BCUT2D eigenvalue weighted by molar-refractivity contribution is 6.12. The number of benzene rings is 1. The van der Waals surface area contributed by atoms with Gasteiger partial charge in [0.25, 0.3) is 0 Å². The third kappa shape index (κ3) is 2.65. The second-order valence-corrected chi connectivity index (χ2v) is 8.09. The van der Waals surface area contributed by atoms with E-state index in [1.807, 2.05) is 12.4 Å². The minimum absolute atomic E-state index is 0.0653. The molecule has 4 heteroatoms. The normalized spacial score (nSPS) is 18.9. The summed E-state index contributed by atoms with van der Waals surface area (Å²) in [5.74, 6) is 1.53. The predicted molar refractivity (Wildman–Crippen MR) is 107 cm³/mol. The fraction of sp³-hybridized carbons (Fsp3) is 0.478. The van der Waals surface area contributed by atoms with Crippen LogP contribution in [0.4, 0.5) is 0 Å². The second kappa shape index (κ2) is 6.66. The van der Waals surface area contributed by atoms with Crippen molar-refractivity contribution in [3.05, 3.63) is 53.2 Å². The third-order valence-corrected chi connectivity index (χ3v) is 6.42. The van der Waals surface area contributed by atoms with E-state index in [2.05, 4.69) is 39.2 Å². The molecule has 1 aromatic carbocycles. The van der Waals surface area contributed by atoms with Crippen molar-refractivity contribution in [1.29, 1.82) is 0 Å². The first-order chi connectivity index (χ1) is 13.3. The highest BCUT2D eigenvalue weighted by Gasteiger charge is 2.34. The van der Waals surface area contributed by atoms with Gasteiger partial charge in [0.05, 0.1) is 5.52 Å². The Morgan fingerprint density at radius 2 is 2.19 bits per heavy atom. The van der Waals surface area contributed by atoms with Crippen LogP contribution in [0.3, 0.4) is 0 Å². The molecule has 0 unspecified atom stereocenters. The Hall–Kier alpha value is -2.36. The Balaban J connectivity index is 1.50. The predicted octanol–water partition coefficient (Wildman–Crippen LogP) is 4.57. The van der Waals surface area contributed by atoms with Crippen molar-refractivity contribution >= 4 is 16.7 Å². The Morgan fingerprint density at radius 3 is 3.07 bits per heavy atom. The molecular weight excluding hydrogens is 334 g/mol. The Morgan fingerprint density at radius 1 is 1.26 bits per heavy atom. The number of fused-ring (bicyclic) bond motifs is 3. The van der Waals surface area contributed by atoms with E-state index in [9.17, 15) is 4.79 Å².